The van der Waals surface area contributed by atoms with Crippen molar-refractivity contribution in [1.82, 2.24) is 9.29 Å². The van der Waals surface area contributed by atoms with Crippen molar-refractivity contribution in [2.45, 2.75) is 11.4 Å². The van der Waals surface area contributed by atoms with Crippen molar-refractivity contribution in [3.8, 4) is 0 Å². The predicted octanol–water partition coefficient (Wildman–Crippen LogP) is 1.05. The second-order valence-corrected chi connectivity index (χ2v) is 6.51. The summed E-state index contributed by atoms with van der Waals surface area (Å²) in [6.07, 6.45) is 1.80. The van der Waals surface area contributed by atoms with E-state index >= 15 is 0 Å². The van der Waals surface area contributed by atoms with Crippen LogP contribution < -0.4 is 5.73 Å². The molecular weight excluding hydrogens is 290 g/mol. The first-order valence-corrected chi connectivity index (χ1v) is 7.80. The van der Waals surface area contributed by atoms with Gasteiger partial charge in [0.25, 0.3) is 15.9 Å². The molecule has 1 aliphatic rings. The minimum atomic E-state index is -3.83. The molecule has 2 heterocycles. The largest absolute Gasteiger partial charge is 0.399 e. The molecule has 1 aliphatic heterocycles. The van der Waals surface area contributed by atoms with E-state index < -0.39 is 15.9 Å². The summed E-state index contributed by atoms with van der Waals surface area (Å²) in [6, 6.07) is 10.1. The minimum Gasteiger partial charge on any atom is -0.399 e. The van der Waals surface area contributed by atoms with Gasteiger partial charge in [0.15, 0.2) is 5.03 Å². The molecule has 2 N–H and O–H groups in total. The van der Waals surface area contributed by atoms with Crippen LogP contribution in [0.3, 0.4) is 0 Å². The Kier molecular flexibility index (Phi) is 3.13. The van der Waals surface area contributed by atoms with Crippen molar-refractivity contribution in [1.29, 1.82) is 0 Å². The third kappa shape index (κ3) is 2.25. The Balaban J connectivity index is 1.84. The summed E-state index contributed by atoms with van der Waals surface area (Å²) in [5, 5.41) is -0.160. The first-order chi connectivity index (χ1) is 10.00. The molecule has 1 aromatic heterocycles. The van der Waals surface area contributed by atoms with Gasteiger partial charge in [-0.3, -0.25) is 4.79 Å². The highest BCUT2D eigenvalue weighted by molar-refractivity contribution is 7.90. The maximum absolute atomic E-state index is 12.3. The number of benzene rings is 1. The molecule has 2 aromatic rings. The van der Waals surface area contributed by atoms with E-state index in [1.165, 1.54) is 12.3 Å². The van der Waals surface area contributed by atoms with Crippen LogP contribution in [0.15, 0.2) is 47.6 Å². The maximum atomic E-state index is 12.3. The molecule has 0 unspecified atom stereocenters. The number of nitrogens with two attached hydrogens (primary N) is 1. The molecule has 0 fully saturated rings. The first kappa shape index (κ1) is 13.6. The molecular formula is C14H13N3O3S. The zero-order valence-electron chi connectivity index (χ0n) is 11.1. The summed E-state index contributed by atoms with van der Waals surface area (Å²) in [7, 11) is -3.83. The molecule has 0 spiro atoms. The van der Waals surface area contributed by atoms with E-state index in [0.717, 1.165) is 9.87 Å². The molecule has 1 amide bonds. The number of carbonyl (C=O) groups excluding carboxylic acids is 1. The molecule has 0 atom stereocenters. The fourth-order valence-electron chi connectivity index (χ4n) is 2.24. The SMILES string of the molecule is Nc1ccc(CCN2C(=O)c3cccnc3S2(=O)=O)cc1. The van der Waals surface area contributed by atoms with Gasteiger partial charge in [0.2, 0.25) is 0 Å². The molecule has 1 aromatic carbocycles. The van der Waals surface area contributed by atoms with Gasteiger partial charge < -0.3 is 5.73 Å². The van der Waals surface area contributed by atoms with Crippen molar-refractivity contribution in [3.63, 3.8) is 0 Å². The van der Waals surface area contributed by atoms with Crippen LogP contribution in [-0.4, -0.2) is 30.2 Å². The van der Waals surface area contributed by atoms with Gasteiger partial charge in [-0.2, -0.15) is 8.42 Å². The van der Waals surface area contributed by atoms with Gasteiger partial charge in [-0.15, -0.1) is 0 Å². The van der Waals surface area contributed by atoms with E-state index in [-0.39, 0.29) is 17.1 Å². The smallest absolute Gasteiger partial charge is 0.285 e. The number of amides is 1. The van der Waals surface area contributed by atoms with Crippen LogP contribution in [-0.2, 0) is 16.4 Å². The standard InChI is InChI=1S/C14H13N3O3S/c15-11-5-3-10(4-6-11)7-9-17-14(18)12-2-1-8-16-13(12)21(17,19)20/h1-6,8H,7,9,15H2. The molecule has 6 nitrogen and oxygen atoms in total. The lowest BCUT2D eigenvalue weighted by Crippen LogP contribution is -2.32. The maximum Gasteiger partial charge on any atom is 0.285 e. The summed E-state index contributed by atoms with van der Waals surface area (Å²) in [5.74, 6) is -0.520. The molecule has 0 aliphatic carbocycles. The van der Waals surface area contributed by atoms with Gasteiger partial charge in [0.1, 0.15) is 0 Å². The second-order valence-electron chi connectivity index (χ2n) is 4.73. The highest BCUT2D eigenvalue weighted by Crippen LogP contribution is 2.28. The van der Waals surface area contributed by atoms with Gasteiger partial charge in [-0.1, -0.05) is 12.1 Å². The third-order valence-corrected chi connectivity index (χ3v) is 5.09. The third-order valence-electron chi connectivity index (χ3n) is 3.35. The normalized spacial score (nSPS) is 16.0. The van der Waals surface area contributed by atoms with E-state index in [1.807, 2.05) is 12.1 Å². The molecule has 21 heavy (non-hydrogen) atoms. The average Bonchev–Trinajstić information content (AvgIpc) is 2.67. The lowest BCUT2D eigenvalue weighted by Gasteiger charge is -2.14. The monoisotopic (exact) mass is 303 g/mol. The van der Waals surface area contributed by atoms with E-state index in [1.54, 1.807) is 18.2 Å². The zero-order valence-corrected chi connectivity index (χ0v) is 11.9. The first-order valence-electron chi connectivity index (χ1n) is 6.36. The molecule has 0 radical (unpaired) electrons. The number of anilines is 1. The van der Waals surface area contributed by atoms with E-state index in [4.69, 9.17) is 5.73 Å². The number of carbonyl (C=O) groups is 1. The topological polar surface area (TPSA) is 93.4 Å². The highest BCUT2D eigenvalue weighted by Gasteiger charge is 2.41. The number of fused-ring (bicyclic) bond motifs is 1. The molecule has 3 rings (SSSR count). The Labute approximate surface area is 122 Å². The number of hydrogen-bond acceptors (Lipinski definition) is 5. The fraction of sp³-hybridized carbons (Fsp3) is 0.143. The van der Waals surface area contributed by atoms with E-state index in [2.05, 4.69) is 4.98 Å². The van der Waals surface area contributed by atoms with Gasteiger partial charge in [0.05, 0.1) is 5.56 Å². The van der Waals surface area contributed by atoms with Crippen LogP contribution in [0.25, 0.3) is 0 Å². The number of rotatable bonds is 3. The molecule has 7 heteroatoms. The Hall–Kier alpha value is -2.41. The Morgan fingerprint density at radius 2 is 1.86 bits per heavy atom. The van der Waals surface area contributed by atoms with Crippen molar-refractivity contribution < 1.29 is 13.2 Å². The van der Waals surface area contributed by atoms with Crippen LogP contribution >= 0.6 is 0 Å². The average molecular weight is 303 g/mol. The van der Waals surface area contributed by atoms with Crippen molar-refractivity contribution in [2.75, 3.05) is 12.3 Å². The van der Waals surface area contributed by atoms with E-state index in [9.17, 15) is 13.2 Å². The van der Waals surface area contributed by atoms with Crippen molar-refractivity contribution >= 4 is 21.6 Å². The molecule has 0 saturated carbocycles. The predicted molar refractivity (Wildman–Crippen MR) is 77.0 cm³/mol. The number of nitrogen functional groups attached to an aromatic ring is 1. The van der Waals surface area contributed by atoms with Crippen LogP contribution in [0.5, 0.6) is 0 Å². The number of aromatic nitrogens is 1. The summed E-state index contributed by atoms with van der Waals surface area (Å²) >= 11 is 0. The van der Waals surface area contributed by atoms with Crippen LogP contribution in [0.1, 0.15) is 15.9 Å². The van der Waals surface area contributed by atoms with Crippen LogP contribution in [0, 0.1) is 0 Å². The van der Waals surface area contributed by atoms with Crippen LogP contribution in [0.4, 0.5) is 5.69 Å². The van der Waals surface area contributed by atoms with Crippen molar-refractivity contribution in [2.24, 2.45) is 0 Å². The number of nitrogens with zero attached hydrogens (tertiary/aromatic N) is 2. The lowest BCUT2D eigenvalue weighted by molar-refractivity contribution is 0.0872. The second kappa shape index (κ2) is 4.85. The number of pyridine rings is 1. The van der Waals surface area contributed by atoms with Gasteiger partial charge in [0, 0.05) is 18.4 Å². The summed E-state index contributed by atoms with van der Waals surface area (Å²) in [4.78, 5) is 16.0. The highest BCUT2D eigenvalue weighted by atomic mass is 32.2. The molecule has 0 saturated heterocycles. The fourth-order valence-corrected chi connectivity index (χ4v) is 3.73. The molecule has 0 bridgehead atoms. The van der Waals surface area contributed by atoms with Crippen molar-refractivity contribution in [3.05, 3.63) is 53.7 Å². The minimum absolute atomic E-state index is 0.0848. The summed E-state index contributed by atoms with van der Waals surface area (Å²) < 4.78 is 25.5. The quantitative estimate of drug-likeness (QED) is 0.855. The van der Waals surface area contributed by atoms with Crippen LogP contribution in [0.2, 0.25) is 0 Å². The van der Waals surface area contributed by atoms with Gasteiger partial charge in [-0.05, 0) is 36.2 Å². The molecule has 108 valence electrons. The zero-order chi connectivity index (χ0) is 15.0. The Bertz CT molecular complexity index is 800. The Morgan fingerprint density at radius 3 is 2.52 bits per heavy atom. The Morgan fingerprint density at radius 1 is 1.14 bits per heavy atom. The summed E-state index contributed by atoms with van der Waals surface area (Å²) in [5.41, 5.74) is 7.29. The lowest BCUT2D eigenvalue weighted by atomic mass is 10.1. The number of hydrogen-bond donors (Lipinski definition) is 1. The number of sulfonamides is 1. The van der Waals surface area contributed by atoms with E-state index in [0.29, 0.717) is 12.1 Å². The summed E-state index contributed by atoms with van der Waals surface area (Å²) in [6.45, 7) is 0.0848. The van der Waals surface area contributed by atoms with Gasteiger partial charge in [-0.25, -0.2) is 9.29 Å². The van der Waals surface area contributed by atoms with Gasteiger partial charge >= 0.3 is 0 Å².